The maximum Gasteiger partial charge on any atom is 0.494 e. The van der Waals surface area contributed by atoms with Crippen molar-refractivity contribution in [3.05, 3.63) is 398 Å². The summed E-state index contributed by atoms with van der Waals surface area (Å²) in [5.41, 5.74) is 24.8. The second-order valence-electron chi connectivity index (χ2n) is 32.4. The summed E-state index contributed by atoms with van der Waals surface area (Å²) in [6.07, 6.45) is 0. The lowest BCUT2D eigenvalue weighted by atomic mass is 9.78. The molecule has 7 aromatic heterocycles. The van der Waals surface area contributed by atoms with Gasteiger partial charge in [-0.1, -0.05) is 261 Å². The van der Waals surface area contributed by atoms with Crippen LogP contribution in [0.3, 0.4) is 0 Å². The quantitative estimate of drug-likeness (QED) is 0.0459. The van der Waals surface area contributed by atoms with E-state index in [9.17, 15) is 5.26 Å². The predicted octanol–water partition coefficient (Wildman–Crippen LogP) is 27.6. The number of hydrogen-bond donors (Lipinski definition) is 2. The van der Waals surface area contributed by atoms with Gasteiger partial charge in [0, 0.05) is 76.5 Å². The van der Waals surface area contributed by atoms with Crippen molar-refractivity contribution >= 4 is 171 Å². The minimum Gasteiger partial charge on any atom is -0.423 e. The van der Waals surface area contributed by atoms with Gasteiger partial charge in [0.1, 0.15) is 13.8 Å². The Balaban J connectivity index is 0.000000133. The zero-order chi connectivity index (χ0) is 89.8. The van der Waals surface area contributed by atoms with Crippen LogP contribution >= 0.6 is 47.8 Å². The van der Waals surface area contributed by atoms with E-state index in [1.807, 2.05) is 91.0 Å². The number of pyridine rings is 7. The maximum absolute atomic E-state index is 9.25. The minimum absolute atomic E-state index is 0.400. The Morgan fingerprint density at radius 1 is 0.326 bits per heavy atom. The van der Waals surface area contributed by atoms with Crippen LogP contribution in [0.15, 0.2) is 347 Å². The summed E-state index contributed by atoms with van der Waals surface area (Å²) < 4.78 is 15.4. The van der Waals surface area contributed by atoms with Crippen LogP contribution in [0, 0.1) is 52.2 Å². The number of aryl methyl sites for hydroxylation is 4. The van der Waals surface area contributed by atoms with E-state index in [2.05, 4.69) is 335 Å². The van der Waals surface area contributed by atoms with Gasteiger partial charge in [-0.25, -0.2) is 44.6 Å². The number of halogens is 3. The monoisotopic (exact) mass is 1860 g/mol. The standard InChI is InChI=1S/C46H30N4.C40H35BN2O2.C12H7BrN2.C7H6BNO2.C5H3Br2N/c1-28-41-35-16-9-10-17-39(35)49-45(32-12-5-3-6-13-32)43(41)29(2)42-36-25-24-34(26-40(36)50-46(44(28)42)33-14-7-4-8-15-33)38-19-11-18-37(48-38)31-22-20-30(27-47)21-23-31;1-24-33-29-19-13-14-20-31(29)42-37(26-15-9-7-10-16-26)35(33)25(2)34-30-22-21-28(41-44-39(3,4)40(5,6)45-41)23-32(30)43-38(36(24)34)27-17-11-8-12-18-27;1-14-10-7-5-9(6-8-10)11-3-2-4-12(13)15-11;1-9-7-4-2-6(3-5-7)8(10)11;6-4-2-1-3-5(7)8-4/h3-26H,1-2H3;7-23H,1-6H3;2-8H;2-5,10-11H;1-3H. The van der Waals surface area contributed by atoms with E-state index in [0.717, 1.165) is 147 Å². The SMILES string of the molecule is Brc1cccc(Br)n1.Cc1c2c(-c3ccccc3)nc3cc(-c4cccc(-c5ccc(C#N)cc5)n4)ccc3c2c(C)c2c(-c3ccccc3)nc3ccccc3c12.Cc1c2c(-c3ccccc3)nc3cc(B4OC(C)(C)C(C)(C)O4)ccc3c2c(C)c2c(-c3ccccc3)nc3ccccc3c12.[C-]#[N+]c1ccc(-c2cccc(Br)n2)cc1.[C-]#[N+]c1ccc(B(O)O)cc1. The zero-order valence-corrected chi connectivity index (χ0v) is 76.5. The summed E-state index contributed by atoms with van der Waals surface area (Å²) >= 11 is 9.77. The smallest absolute Gasteiger partial charge is 0.423 e. The lowest BCUT2D eigenvalue weighted by molar-refractivity contribution is 0.00578. The van der Waals surface area contributed by atoms with E-state index in [0.29, 0.717) is 22.4 Å². The van der Waals surface area contributed by atoms with Crippen LogP contribution in [0.4, 0.5) is 11.4 Å². The van der Waals surface area contributed by atoms with E-state index < -0.39 is 25.4 Å². The number of hydrogen-bond acceptors (Lipinski definition) is 12. The number of para-hydroxylation sites is 2. The fourth-order valence-corrected chi connectivity index (χ4v) is 18.1. The third-order valence-corrected chi connectivity index (χ3v) is 25.2. The van der Waals surface area contributed by atoms with Gasteiger partial charge in [0.05, 0.1) is 97.9 Å². The third kappa shape index (κ3) is 17.8. The number of nitriles is 1. The molecule has 20 aromatic rings. The Hall–Kier alpha value is -14.1. The van der Waals surface area contributed by atoms with Crippen molar-refractivity contribution in [2.75, 3.05) is 0 Å². The van der Waals surface area contributed by atoms with Crippen LogP contribution in [0.25, 0.3) is 175 Å². The molecule has 0 spiro atoms. The molecule has 21 rings (SSSR count). The number of aromatic nitrogens is 7. The fraction of sp³-hybridized carbons (Fsp3) is 0.0909. The van der Waals surface area contributed by atoms with Crippen LogP contribution in [0.1, 0.15) is 55.5 Å². The Morgan fingerprint density at radius 2 is 0.651 bits per heavy atom. The first-order valence-corrected chi connectivity index (χ1v) is 44.4. The molecule has 0 aliphatic carbocycles. The van der Waals surface area contributed by atoms with Gasteiger partial charge in [-0.05, 0) is 236 Å². The molecule has 13 aromatic carbocycles. The maximum atomic E-state index is 9.25. The number of rotatable bonds is 9. The van der Waals surface area contributed by atoms with Crippen molar-refractivity contribution in [2.45, 2.75) is 66.6 Å². The molecule has 622 valence electrons. The molecule has 0 saturated carbocycles. The minimum atomic E-state index is -1.45. The molecule has 8 heterocycles. The van der Waals surface area contributed by atoms with E-state index >= 15 is 0 Å². The summed E-state index contributed by atoms with van der Waals surface area (Å²) in [6.45, 7) is 30.8. The third-order valence-electron chi connectivity index (χ3n) is 23.9. The molecule has 1 saturated heterocycles. The van der Waals surface area contributed by atoms with E-state index in [-0.39, 0.29) is 0 Å². The summed E-state index contributed by atoms with van der Waals surface area (Å²) in [7, 11) is -1.91. The Morgan fingerprint density at radius 3 is 1.04 bits per heavy atom. The molecule has 2 N–H and O–H groups in total. The first-order chi connectivity index (χ1) is 62.5. The van der Waals surface area contributed by atoms with Crippen LogP contribution in [-0.2, 0) is 9.31 Å². The Kier molecular flexibility index (Phi) is 25.2. The molecular weight excluding hydrogens is 1790 g/mol. The normalized spacial score (nSPS) is 12.4. The van der Waals surface area contributed by atoms with Crippen LogP contribution < -0.4 is 10.9 Å². The second-order valence-corrected chi connectivity index (χ2v) is 34.8. The summed E-state index contributed by atoms with van der Waals surface area (Å²) in [5.74, 6) is 0. The predicted molar refractivity (Wildman–Crippen MR) is 540 cm³/mol. The molecule has 0 unspecified atom stereocenters. The Bertz CT molecular complexity index is 7810. The highest BCUT2D eigenvalue weighted by Gasteiger charge is 2.52. The Labute approximate surface area is 774 Å². The van der Waals surface area contributed by atoms with E-state index in [1.165, 1.54) is 72.1 Å². The molecule has 1 aliphatic rings. The molecule has 0 radical (unpaired) electrons. The molecule has 1 aliphatic heterocycles. The summed E-state index contributed by atoms with van der Waals surface area (Å²) in [6, 6.07) is 113. The van der Waals surface area contributed by atoms with Gasteiger partial charge >= 0.3 is 14.2 Å². The lowest BCUT2D eigenvalue weighted by Crippen LogP contribution is -2.41. The average molecular weight is 1870 g/mol. The van der Waals surface area contributed by atoms with Gasteiger partial charge in [0.25, 0.3) is 0 Å². The molecule has 129 heavy (non-hydrogen) atoms. The molecule has 1 fully saturated rings. The molecule has 14 nitrogen and oxygen atoms in total. The first-order valence-electron chi connectivity index (χ1n) is 42.0. The van der Waals surface area contributed by atoms with Crippen molar-refractivity contribution in [1.29, 1.82) is 5.26 Å². The van der Waals surface area contributed by atoms with Gasteiger partial charge in [0.15, 0.2) is 11.4 Å². The van der Waals surface area contributed by atoms with Crippen LogP contribution in [-0.4, -0.2) is 70.4 Å². The average Bonchev–Trinajstić information content (AvgIpc) is 1.18. The van der Waals surface area contributed by atoms with Gasteiger partial charge in [-0.3, -0.25) is 0 Å². The number of fused-ring (bicyclic) bond motifs is 12. The summed E-state index contributed by atoms with van der Waals surface area (Å²) in [5, 5.41) is 40.7. The zero-order valence-electron chi connectivity index (χ0n) is 71.7. The van der Waals surface area contributed by atoms with E-state index in [1.54, 1.807) is 24.3 Å². The van der Waals surface area contributed by atoms with Crippen molar-refractivity contribution in [3.63, 3.8) is 0 Å². The van der Waals surface area contributed by atoms with Crippen molar-refractivity contribution in [1.82, 2.24) is 34.9 Å². The van der Waals surface area contributed by atoms with Crippen LogP contribution in [0.2, 0.25) is 0 Å². The van der Waals surface area contributed by atoms with Crippen molar-refractivity contribution in [3.8, 4) is 84.9 Å². The molecule has 0 atom stereocenters. The number of benzene rings is 13. The van der Waals surface area contributed by atoms with Gasteiger partial charge in [-0.15, -0.1) is 0 Å². The van der Waals surface area contributed by atoms with Gasteiger partial charge in [0.2, 0.25) is 0 Å². The summed E-state index contributed by atoms with van der Waals surface area (Å²) in [4.78, 5) is 41.4. The first kappa shape index (κ1) is 87.0. The number of nitrogens with zero attached hydrogens (tertiary/aromatic N) is 10. The highest BCUT2D eigenvalue weighted by atomic mass is 79.9. The highest BCUT2D eigenvalue weighted by Crippen LogP contribution is 2.49. The fourth-order valence-electron chi connectivity index (χ4n) is 16.8. The van der Waals surface area contributed by atoms with Gasteiger partial charge in [-0.2, -0.15) is 5.26 Å². The van der Waals surface area contributed by atoms with Gasteiger partial charge < -0.3 is 19.4 Å². The molecular formula is C110H81B2Br3N10O4. The van der Waals surface area contributed by atoms with Crippen LogP contribution in [0.5, 0.6) is 0 Å². The molecule has 0 amide bonds. The lowest BCUT2D eigenvalue weighted by Gasteiger charge is -2.32. The molecule has 19 heteroatoms. The second kappa shape index (κ2) is 37.4. The topological polar surface area (TPSA) is 182 Å². The van der Waals surface area contributed by atoms with Crippen molar-refractivity contribution < 1.29 is 19.4 Å². The highest BCUT2D eigenvalue weighted by molar-refractivity contribution is 9.11. The van der Waals surface area contributed by atoms with Crippen molar-refractivity contribution in [2.24, 2.45) is 0 Å². The largest absolute Gasteiger partial charge is 0.494 e. The van der Waals surface area contributed by atoms with E-state index in [4.69, 9.17) is 57.4 Å². The molecule has 0 bridgehead atoms.